The molecule has 0 saturated heterocycles. The van der Waals surface area contributed by atoms with Gasteiger partial charge in [0, 0.05) is 35.5 Å². The Balaban J connectivity index is 2.00. The molecule has 2 aromatic carbocycles. The minimum atomic E-state index is -0.493. The number of anilines is 1. The molecule has 1 heterocycles. The number of hydrogen-bond acceptors (Lipinski definition) is 5. The molecule has 3 aromatic rings. The number of nitro benzene ring substituents is 1. The molecular formula is C21H18N3O4S+. The maximum absolute atomic E-state index is 10.9. The highest BCUT2D eigenvalue weighted by Crippen LogP contribution is 2.22. The third-order valence-electron chi connectivity index (χ3n) is 4.11. The number of aromatic nitrogens is 1. The van der Waals surface area contributed by atoms with Crippen molar-refractivity contribution in [3.05, 3.63) is 94.8 Å². The summed E-state index contributed by atoms with van der Waals surface area (Å²) in [5, 5.41) is 24.9. The molecule has 0 aliphatic carbocycles. The Hall–Kier alpha value is -3.78. The van der Waals surface area contributed by atoms with Gasteiger partial charge in [0.2, 0.25) is 0 Å². The Morgan fingerprint density at radius 3 is 2.24 bits per heavy atom. The molecule has 0 atom stereocenters. The lowest BCUT2D eigenvalue weighted by molar-refractivity contribution is -0.575. The van der Waals surface area contributed by atoms with Crippen LogP contribution >= 0.6 is 12.2 Å². The van der Waals surface area contributed by atoms with Crippen molar-refractivity contribution in [3.63, 3.8) is 0 Å². The molecule has 8 heteroatoms. The monoisotopic (exact) mass is 408 g/mol. The summed E-state index contributed by atoms with van der Waals surface area (Å²) in [6.45, 7) is 0. The molecule has 0 aliphatic rings. The fourth-order valence-corrected chi connectivity index (χ4v) is 2.96. The Kier molecular flexibility index (Phi) is 6.16. The lowest BCUT2D eigenvalue weighted by Crippen LogP contribution is -2.38. The number of non-ortho nitro benzene ring substituents is 1. The van der Waals surface area contributed by atoms with Crippen LogP contribution in [0.25, 0.3) is 11.5 Å². The minimum Gasteiger partial charge on any atom is -0.502 e. The number of thiocarbonyl (C=S) groups is 1. The van der Waals surface area contributed by atoms with Gasteiger partial charge in [-0.15, -0.1) is 0 Å². The molecule has 0 saturated carbocycles. The predicted octanol–water partition coefficient (Wildman–Crippen LogP) is 4.21. The van der Waals surface area contributed by atoms with E-state index in [1.165, 1.54) is 24.3 Å². The number of aliphatic hydroxyl groups is 1. The molecule has 146 valence electrons. The van der Waals surface area contributed by atoms with E-state index in [0.717, 1.165) is 5.69 Å². The largest absolute Gasteiger partial charge is 0.502 e. The van der Waals surface area contributed by atoms with Gasteiger partial charge in [-0.3, -0.25) is 10.1 Å². The van der Waals surface area contributed by atoms with Crippen LogP contribution in [0.5, 0.6) is 5.75 Å². The summed E-state index contributed by atoms with van der Waals surface area (Å²) < 4.78 is 6.83. The SMILES string of the molecule is COc1ccc(NC(=S)/C(=C(\O)c2ccc([N+](=O)[O-])cc2)[n+]2ccccc2)cc1. The van der Waals surface area contributed by atoms with Gasteiger partial charge >= 0.3 is 0 Å². The summed E-state index contributed by atoms with van der Waals surface area (Å²) in [7, 11) is 1.59. The van der Waals surface area contributed by atoms with E-state index in [0.29, 0.717) is 17.0 Å². The maximum atomic E-state index is 10.9. The van der Waals surface area contributed by atoms with Crippen molar-refractivity contribution < 1.29 is 19.3 Å². The highest BCUT2D eigenvalue weighted by Gasteiger charge is 2.24. The third-order valence-corrected chi connectivity index (χ3v) is 4.41. The molecule has 3 rings (SSSR count). The Morgan fingerprint density at radius 1 is 1.07 bits per heavy atom. The van der Waals surface area contributed by atoms with Gasteiger partial charge in [0.15, 0.2) is 23.1 Å². The number of nitrogens with zero attached hydrogens (tertiary/aromatic N) is 2. The number of rotatable bonds is 6. The molecular weight excluding hydrogens is 390 g/mol. The van der Waals surface area contributed by atoms with Gasteiger partial charge in [0.05, 0.1) is 12.0 Å². The second-order valence-electron chi connectivity index (χ2n) is 5.97. The Bertz CT molecular complexity index is 1050. The van der Waals surface area contributed by atoms with Crippen molar-refractivity contribution in [2.24, 2.45) is 0 Å². The van der Waals surface area contributed by atoms with Crippen LogP contribution in [0.1, 0.15) is 5.56 Å². The first-order valence-electron chi connectivity index (χ1n) is 8.59. The first-order valence-corrected chi connectivity index (χ1v) is 9.00. The second-order valence-corrected chi connectivity index (χ2v) is 6.37. The van der Waals surface area contributed by atoms with Crippen LogP contribution in [0.4, 0.5) is 11.4 Å². The van der Waals surface area contributed by atoms with Gasteiger partial charge in [0.25, 0.3) is 11.4 Å². The lowest BCUT2D eigenvalue weighted by atomic mass is 10.1. The minimum absolute atomic E-state index is 0.0607. The van der Waals surface area contributed by atoms with Gasteiger partial charge in [-0.2, -0.15) is 4.57 Å². The smallest absolute Gasteiger partial charge is 0.288 e. The van der Waals surface area contributed by atoms with E-state index in [-0.39, 0.29) is 16.4 Å². The molecule has 0 aliphatic heterocycles. The number of aliphatic hydroxyl groups excluding tert-OH is 1. The molecule has 29 heavy (non-hydrogen) atoms. The van der Waals surface area contributed by atoms with Crippen LogP contribution < -0.4 is 14.6 Å². The van der Waals surface area contributed by atoms with E-state index in [1.807, 2.05) is 6.07 Å². The van der Waals surface area contributed by atoms with Crippen LogP contribution in [0.2, 0.25) is 0 Å². The first-order chi connectivity index (χ1) is 14.0. The third kappa shape index (κ3) is 4.74. The van der Waals surface area contributed by atoms with Gasteiger partial charge < -0.3 is 15.2 Å². The average molecular weight is 408 g/mol. The van der Waals surface area contributed by atoms with Gasteiger partial charge in [0.1, 0.15) is 5.75 Å². The molecule has 0 spiro atoms. The van der Waals surface area contributed by atoms with Gasteiger partial charge in [-0.1, -0.05) is 18.3 Å². The lowest BCUT2D eigenvalue weighted by Gasteiger charge is -2.10. The van der Waals surface area contributed by atoms with Crippen molar-refractivity contribution in [3.8, 4) is 5.75 Å². The number of ether oxygens (including phenoxy) is 1. The highest BCUT2D eigenvalue weighted by molar-refractivity contribution is 7.81. The maximum Gasteiger partial charge on any atom is 0.288 e. The summed E-state index contributed by atoms with van der Waals surface area (Å²) in [5.41, 5.74) is 1.40. The molecule has 2 N–H and O–H groups in total. The van der Waals surface area contributed by atoms with E-state index in [2.05, 4.69) is 5.32 Å². The van der Waals surface area contributed by atoms with Crippen molar-refractivity contribution in [1.82, 2.24) is 0 Å². The zero-order valence-electron chi connectivity index (χ0n) is 15.5. The molecule has 0 fully saturated rings. The fraction of sp³-hybridized carbons (Fsp3) is 0.0476. The zero-order chi connectivity index (χ0) is 20.8. The van der Waals surface area contributed by atoms with E-state index in [9.17, 15) is 15.2 Å². The van der Waals surface area contributed by atoms with Crippen LogP contribution in [-0.4, -0.2) is 22.1 Å². The topological polar surface area (TPSA) is 88.5 Å². The standard InChI is InChI=1S/C21H17N3O4S/c1-28-18-11-7-16(8-12-18)22-21(29)19(23-13-3-2-4-14-23)20(25)15-5-9-17(10-6-15)24(26)27/h2-14H,1H3,(H-,22,25,29)/p+1. The van der Waals surface area contributed by atoms with Crippen molar-refractivity contribution >= 4 is 40.0 Å². The summed E-state index contributed by atoms with van der Waals surface area (Å²) >= 11 is 5.55. The van der Waals surface area contributed by atoms with E-state index in [4.69, 9.17) is 17.0 Å². The van der Waals surface area contributed by atoms with Gasteiger partial charge in [-0.25, -0.2) is 0 Å². The quantitative estimate of drug-likeness (QED) is 0.159. The van der Waals surface area contributed by atoms with E-state index in [1.54, 1.807) is 60.5 Å². The zero-order valence-corrected chi connectivity index (χ0v) is 16.3. The number of methoxy groups -OCH3 is 1. The number of benzene rings is 2. The Morgan fingerprint density at radius 2 is 1.69 bits per heavy atom. The first kappa shape index (κ1) is 20.0. The highest BCUT2D eigenvalue weighted by atomic mass is 32.1. The number of nitrogens with one attached hydrogen (secondary N) is 1. The number of nitro groups is 1. The van der Waals surface area contributed by atoms with Crippen LogP contribution in [0.15, 0.2) is 79.1 Å². The van der Waals surface area contributed by atoms with E-state index >= 15 is 0 Å². The summed E-state index contributed by atoms with van der Waals surface area (Å²) in [6, 6.07) is 18.3. The summed E-state index contributed by atoms with van der Waals surface area (Å²) in [4.78, 5) is 10.7. The molecule has 1 aromatic heterocycles. The number of hydrogen-bond donors (Lipinski definition) is 2. The van der Waals surface area contributed by atoms with Crippen molar-refractivity contribution in [2.75, 3.05) is 12.4 Å². The van der Waals surface area contributed by atoms with Crippen LogP contribution in [-0.2, 0) is 0 Å². The van der Waals surface area contributed by atoms with E-state index < -0.39 is 4.92 Å². The van der Waals surface area contributed by atoms with Gasteiger partial charge in [-0.05, 0) is 36.4 Å². The number of pyridine rings is 1. The molecule has 0 unspecified atom stereocenters. The Labute approximate surface area is 172 Å². The predicted molar refractivity (Wildman–Crippen MR) is 115 cm³/mol. The molecule has 7 nitrogen and oxygen atoms in total. The molecule has 0 bridgehead atoms. The molecule has 0 radical (unpaired) electrons. The second kappa shape index (κ2) is 8.94. The van der Waals surface area contributed by atoms with Crippen molar-refractivity contribution in [2.45, 2.75) is 0 Å². The molecule has 0 amide bonds. The summed E-state index contributed by atoms with van der Waals surface area (Å²) in [5.74, 6) is 0.602. The average Bonchev–Trinajstić information content (AvgIpc) is 2.75. The van der Waals surface area contributed by atoms with Crippen LogP contribution in [0, 0.1) is 10.1 Å². The van der Waals surface area contributed by atoms with Crippen molar-refractivity contribution in [1.29, 1.82) is 0 Å². The summed E-state index contributed by atoms with van der Waals surface area (Å²) in [6.07, 6.45) is 3.50. The normalized spacial score (nSPS) is 11.3. The fourth-order valence-electron chi connectivity index (χ4n) is 2.64. The van der Waals surface area contributed by atoms with Crippen LogP contribution in [0.3, 0.4) is 0 Å².